The van der Waals surface area contributed by atoms with Gasteiger partial charge in [-0.25, -0.2) is 9.97 Å². The molecule has 0 aliphatic heterocycles. The molecule has 3 nitrogen and oxygen atoms in total. The molecule has 7 heteroatoms. The minimum atomic E-state index is -4.31. The Bertz CT molecular complexity index is 438. The van der Waals surface area contributed by atoms with Crippen LogP contribution >= 0.6 is 15.9 Å². The van der Waals surface area contributed by atoms with Crippen LogP contribution in [0.15, 0.2) is 4.47 Å². The van der Waals surface area contributed by atoms with E-state index in [0.717, 1.165) is 0 Å². The molecule has 0 radical (unpaired) electrons. The van der Waals surface area contributed by atoms with Crippen LogP contribution in [0.1, 0.15) is 32.3 Å². The number of hydrogen-bond donors (Lipinski definition) is 1. The van der Waals surface area contributed by atoms with Gasteiger partial charge in [0, 0.05) is 12.5 Å². The van der Waals surface area contributed by atoms with E-state index in [1.807, 2.05) is 20.8 Å². The summed E-state index contributed by atoms with van der Waals surface area (Å²) in [6.45, 7) is 5.66. The van der Waals surface area contributed by atoms with Crippen molar-refractivity contribution in [3.8, 4) is 0 Å². The predicted octanol–water partition coefficient (Wildman–Crippen LogP) is 3.68. The predicted molar refractivity (Wildman–Crippen MR) is 67.7 cm³/mol. The molecular weight excluding hydrogens is 311 g/mol. The molecule has 0 aliphatic rings. The van der Waals surface area contributed by atoms with Gasteiger partial charge >= 0.3 is 6.18 Å². The maximum Gasteiger partial charge on any atom is 0.396 e. The monoisotopic (exact) mass is 325 g/mol. The van der Waals surface area contributed by atoms with E-state index in [1.54, 1.807) is 7.05 Å². The highest BCUT2D eigenvalue weighted by Gasteiger charge is 2.31. The second kappa shape index (κ2) is 5.03. The van der Waals surface area contributed by atoms with Crippen LogP contribution in [-0.2, 0) is 11.8 Å². The minimum Gasteiger partial charge on any atom is -0.372 e. The highest BCUT2D eigenvalue weighted by atomic mass is 79.9. The highest BCUT2D eigenvalue weighted by molar-refractivity contribution is 9.10. The van der Waals surface area contributed by atoms with E-state index in [-0.39, 0.29) is 11.2 Å². The van der Waals surface area contributed by atoms with Crippen molar-refractivity contribution < 1.29 is 13.2 Å². The van der Waals surface area contributed by atoms with Gasteiger partial charge in [0.25, 0.3) is 0 Å². The molecule has 0 bridgehead atoms. The van der Waals surface area contributed by atoms with E-state index >= 15 is 0 Å². The average Bonchev–Trinajstić information content (AvgIpc) is 2.16. The van der Waals surface area contributed by atoms with Crippen molar-refractivity contribution in [2.45, 2.75) is 38.8 Å². The molecule has 18 heavy (non-hydrogen) atoms. The quantitative estimate of drug-likeness (QED) is 0.901. The lowest BCUT2D eigenvalue weighted by molar-refractivity contribution is -0.128. The normalized spacial score (nSPS) is 12.7. The van der Waals surface area contributed by atoms with E-state index in [1.165, 1.54) is 0 Å². The van der Waals surface area contributed by atoms with Gasteiger partial charge in [0.05, 0.1) is 10.2 Å². The van der Waals surface area contributed by atoms with Crippen LogP contribution in [0.3, 0.4) is 0 Å². The summed E-state index contributed by atoms with van der Waals surface area (Å²) in [6.07, 6.45) is -5.44. The van der Waals surface area contributed by atoms with E-state index in [9.17, 15) is 13.2 Å². The zero-order chi connectivity index (χ0) is 14.1. The zero-order valence-corrected chi connectivity index (χ0v) is 12.2. The molecule has 0 saturated carbocycles. The third kappa shape index (κ3) is 3.83. The standard InChI is InChI=1S/C11H15BrF3N3/c1-10(2,3)8-7(12)9(16-4)18-6(17-8)5-11(13,14)15/h5H2,1-4H3,(H,16,17,18). The number of nitrogens with zero attached hydrogens (tertiary/aromatic N) is 2. The van der Waals surface area contributed by atoms with E-state index in [0.29, 0.717) is 16.0 Å². The Morgan fingerprint density at radius 3 is 2.11 bits per heavy atom. The van der Waals surface area contributed by atoms with Gasteiger partial charge in [0.15, 0.2) is 0 Å². The second-order valence-corrected chi connectivity index (χ2v) is 5.74. The first-order chi connectivity index (χ1) is 8.04. The van der Waals surface area contributed by atoms with Gasteiger partial charge in [-0.3, -0.25) is 0 Å². The van der Waals surface area contributed by atoms with Crippen molar-refractivity contribution in [1.29, 1.82) is 0 Å². The van der Waals surface area contributed by atoms with Crippen LogP contribution in [0.2, 0.25) is 0 Å². The molecule has 0 aromatic carbocycles. The van der Waals surface area contributed by atoms with Crippen molar-refractivity contribution in [3.05, 3.63) is 16.0 Å². The summed E-state index contributed by atoms with van der Waals surface area (Å²) in [5.41, 5.74) is 0.189. The smallest absolute Gasteiger partial charge is 0.372 e. The van der Waals surface area contributed by atoms with Gasteiger partial charge in [0.2, 0.25) is 0 Å². The highest BCUT2D eigenvalue weighted by Crippen LogP contribution is 2.33. The van der Waals surface area contributed by atoms with E-state index in [2.05, 4.69) is 31.2 Å². The van der Waals surface area contributed by atoms with Gasteiger partial charge in [0.1, 0.15) is 18.1 Å². The number of hydrogen-bond acceptors (Lipinski definition) is 3. The fourth-order valence-corrected chi connectivity index (χ4v) is 2.38. The molecule has 1 rings (SSSR count). The van der Waals surface area contributed by atoms with Crippen molar-refractivity contribution in [2.24, 2.45) is 0 Å². The Labute approximate surface area is 112 Å². The number of aromatic nitrogens is 2. The summed E-state index contributed by atoms with van der Waals surface area (Å²) in [4.78, 5) is 7.88. The number of anilines is 1. The molecule has 0 spiro atoms. The Kier molecular flexibility index (Phi) is 4.25. The van der Waals surface area contributed by atoms with Gasteiger partial charge < -0.3 is 5.32 Å². The van der Waals surface area contributed by atoms with Crippen molar-refractivity contribution >= 4 is 21.7 Å². The molecule has 0 unspecified atom stereocenters. The largest absolute Gasteiger partial charge is 0.396 e. The minimum absolute atomic E-state index is 0.222. The number of rotatable bonds is 2. The lowest BCUT2D eigenvalue weighted by Crippen LogP contribution is -2.21. The fourth-order valence-electron chi connectivity index (χ4n) is 1.41. The number of nitrogens with one attached hydrogen (secondary N) is 1. The van der Waals surface area contributed by atoms with Crippen LogP contribution < -0.4 is 5.32 Å². The molecule has 0 fully saturated rings. The molecule has 1 N–H and O–H groups in total. The topological polar surface area (TPSA) is 37.8 Å². The van der Waals surface area contributed by atoms with Gasteiger partial charge in [-0.15, -0.1) is 0 Å². The maximum atomic E-state index is 12.4. The van der Waals surface area contributed by atoms with Crippen LogP contribution in [0.25, 0.3) is 0 Å². The molecule has 0 saturated heterocycles. The zero-order valence-electron chi connectivity index (χ0n) is 10.6. The Morgan fingerprint density at radius 2 is 1.72 bits per heavy atom. The van der Waals surface area contributed by atoms with Gasteiger partial charge in [-0.05, 0) is 15.9 Å². The summed E-state index contributed by atoms with van der Waals surface area (Å²) in [7, 11) is 1.61. The Balaban J connectivity index is 3.31. The van der Waals surface area contributed by atoms with Crippen molar-refractivity contribution in [1.82, 2.24) is 9.97 Å². The van der Waals surface area contributed by atoms with Crippen LogP contribution in [-0.4, -0.2) is 23.2 Å². The maximum absolute atomic E-state index is 12.4. The van der Waals surface area contributed by atoms with Gasteiger partial charge in [-0.2, -0.15) is 13.2 Å². The lowest BCUT2D eigenvalue weighted by Gasteiger charge is -2.22. The Hall–Kier alpha value is -0.850. The summed E-state index contributed by atoms with van der Waals surface area (Å²) >= 11 is 3.32. The summed E-state index contributed by atoms with van der Waals surface area (Å²) in [6, 6.07) is 0. The van der Waals surface area contributed by atoms with E-state index < -0.39 is 12.6 Å². The Morgan fingerprint density at radius 1 is 1.17 bits per heavy atom. The molecule has 1 aromatic heterocycles. The lowest BCUT2D eigenvalue weighted by atomic mass is 9.92. The number of alkyl halides is 3. The third-order valence-corrected chi connectivity index (χ3v) is 2.95. The molecule has 1 aromatic rings. The molecule has 102 valence electrons. The first-order valence-electron chi connectivity index (χ1n) is 5.36. The molecule has 1 heterocycles. The first kappa shape index (κ1) is 15.2. The molecule has 0 amide bonds. The SMILES string of the molecule is CNc1nc(CC(F)(F)F)nc(C(C)(C)C)c1Br. The van der Waals surface area contributed by atoms with Crippen molar-refractivity contribution in [2.75, 3.05) is 12.4 Å². The van der Waals surface area contributed by atoms with Crippen molar-refractivity contribution in [3.63, 3.8) is 0 Å². The average molecular weight is 326 g/mol. The summed E-state index contributed by atoms with van der Waals surface area (Å²) in [5.74, 6) is 0.147. The van der Waals surface area contributed by atoms with E-state index in [4.69, 9.17) is 0 Å². The van der Waals surface area contributed by atoms with Crippen LogP contribution in [0.4, 0.5) is 19.0 Å². The second-order valence-electron chi connectivity index (χ2n) is 4.94. The molecule has 0 aliphatic carbocycles. The number of halogens is 4. The van der Waals surface area contributed by atoms with Gasteiger partial charge in [-0.1, -0.05) is 20.8 Å². The summed E-state index contributed by atoms with van der Waals surface area (Å²) in [5, 5.41) is 2.77. The fraction of sp³-hybridized carbons (Fsp3) is 0.636. The first-order valence-corrected chi connectivity index (χ1v) is 6.15. The third-order valence-electron chi connectivity index (χ3n) is 2.20. The van der Waals surface area contributed by atoms with Crippen LogP contribution in [0.5, 0.6) is 0 Å². The summed E-state index contributed by atoms with van der Waals surface area (Å²) < 4.78 is 37.8. The molecule has 0 atom stereocenters. The molecular formula is C11H15BrF3N3. The van der Waals surface area contributed by atoms with Crippen LogP contribution in [0, 0.1) is 0 Å².